The molecule has 2 aliphatic rings. The molecule has 0 amide bonds. The van der Waals surface area contributed by atoms with Crippen LogP contribution in [0.1, 0.15) is 23.0 Å². The monoisotopic (exact) mass is 401 g/mol. The van der Waals surface area contributed by atoms with Crippen LogP contribution in [0.25, 0.3) is 22.8 Å². The summed E-state index contributed by atoms with van der Waals surface area (Å²) in [5.41, 5.74) is 4.27. The van der Waals surface area contributed by atoms with Gasteiger partial charge in [-0.25, -0.2) is 9.78 Å². The zero-order valence-corrected chi connectivity index (χ0v) is 16.5. The average molecular weight is 401 g/mol. The van der Waals surface area contributed by atoms with E-state index in [1.165, 1.54) is 14.2 Å². The van der Waals surface area contributed by atoms with Gasteiger partial charge in [-0.2, -0.15) is 0 Å². The molecule has 5 rings (SSSR count). The standard InChI is InChI=1S/C23H19N3O4/c1-29-22(27)17-18(23(28)30-2)20(21-24-15-9-5-6-10-16(15)25-21)26-12-11-13-7-3-4-8-14(13)19(17)26/h3-12,17,19H,1-2H3,(H,24,25)/t17-,19+/m1/s1. The Balaban J connectivity index is 1.78. The van der Waals surface area contributed by atoms with Crippen LogP contribution in [-0.4, -0.2) is 41.0 Å². The van der Waals surface area contributed by atoms with Crippen LogP contribution in [0.15, 0.2) is 60.3 Å². The van der Waals surface area contributed by atoms with Gasteiger partial charge in [-0.3, -0.25) is 4.79 Å². The van der Waals surface area contributed by atoms with Crippen LogP contribution in [0.4, 0.5) is 0 Å². The fourth-order valence-electron chi connectivity index (χ4n) is 4.36. The van der Waals surface area contributed by atoms with E-state index < -0.39 is 23.9 Å². The van der Waals surface area contributed by atoms with Crippen molar-refractivity contribution < 1.29 is 19.1 Å². The molecule has 7 heteroatoms. The number of esters is 2. The van der Waals surface area contributed by atoms with Crippen molar-refractivity contribution in [1.82, 2.24) is 14.9 Å². The number of benzene rings is 2. The van der Waals surface area contributed by atoms with Gasteiger partial charge < -0.3 is 19.4 Å². The minimum Gasteiger partial charge on any atom is -0.468 e. The lowest BCUT2D eigenvalue weighted by atomic mass is 9.86. The van der Waals surface area contributed by atoms with E-state index in [1.807, 2.05) is 65.7 Å². The molecule has 0 bridgehead atoms. The molecule has 2 aromatic carbocycles. The Labute approximate surface area is 172 Å². The van der Waals surface area contributed by atoms with Crippen LogP contribution in [0, 0.1) is 5.92 Å². The first-order valence-electron chi connectivity index (χ1n) is 9.55. The molecule has 0 fully saturated rings. The maximum Gasteiger partial charge on any atom is 0.336 e. The van der Waals surface area contributed by atoms with Gasteiger partial charge in [0.15, 0.2) is 5.82 Å². The minimum absolute atomic E-state index is 0.231. The number of fused-ring (bicyclic) bond motifs is 4. The summed E-state index contributed by atoms with van der Waals surface area (Å²) in [5, 5.41) is 0. The lowest BCUT2D eigenvalue weighted by Crippen LogP contribution is -2.31. The van der Waals surface area contributed by atoms with Crippen molar-refractivity contribution in [1.29, 1.82) is 0 Å². The fourth-order valence-corrected chi connectivity index (χ4v) is 4.36. The molecule has 7 nitrogen and oxygen atoms in total. The van der Waals surface area contributed by atoms with Crippen LogP contribution < -0.4 is 0 Å². The van der Waals surface area contributed by atoms with Gasteiger partial charge in [0.2, 0.25) is 0 Å². The Bertz CT molecular complexity index is 1210. The number of para-hydroxylation sites is 2. The average Bonchev–Trinajstić information content (AvgIpc) is 3.36. The minimum atomic E-state index is -0.850. The van der Waals surface area contributed by atoms with Gasteiger partial charge in [0, 0.05) is 6.20 Å². The molecule has 3 aromatic rings. The second-order valence-corrected chi connectivity index (χ2v) is 7.15. The number of H-pyrrole nitrogens is 1. The van der Waals surface area contributed by atoms with Crippen molar-refractivity contribution in [3.63, 3.8) is 0 Å². The largest absolute Gasteiger partial charge is 0.468 e. The summed E-state index contributed by atoms with van der Waals surface area (Å²) >= 11 is 0. The smallest absolute Gasteiger partial charge is 0.336 e. The number of hydrogen-bond acceptors (Lipinski definition) is 6. The van der Waals surface area contributed by atoms with Crippen molar-refractivity contribution in [2.45, 2.75) is 6.04 Å². The van der Waals surface area contributed by atoms with E-state index in [9.17, 15) is 9.59 Å². The van der Waals surface area contributed by atoms with Gasteiger partial charge in [-0.15, -0.1) is 0 Å². The highest BCUT2D eigenvalue weighted by Crippen LogP contribution is 2.51. The van der Waals surface area contributed by atoms with E-state index in [0.29, 0.717) is 11.5 Å². The Morgan fingerprint density at radius 2 is 1.80 bits per heavy atom. The summed E-state index contributed by atoms with van der Waals surface area (Å²) in [6.45, 7) is 0. The second-order valence-electron chi connectivity index (χ2n) is 7.15. The Hall–Kier alpha value is -3.87. The molecule has 1 N–H and O–H groups in total. The molecule has 2 atom stereocenters. The summed E-state index contributed by atoms with van der Waals surface area (Å²) in [5.74, 6) is -1.43. The Morgan fingerprint density at radius 3 is 2.57 bits per heavy atom. The lowest BCUT2D eigenvalue weighted by Gasteiger charge is -2.32. The number of nitrogens with one attached hydrogen (secondary N) is 1. The van der Waals surface area contributed by atoms with Crippen LogP contribution >= 0.6 is 0 Å². The zero-order chi connectivity index (χ0) is 20.8. The fraction of sp³-hybridized carbons (Fsp3) is 0.174. The summed E-state index contributed by atoms with van der Waals surface area (Å²) in [6.07, 6.45) is 3.84. The molecule has 0 radical (unpaired) electrons. The number of methoxy groups -OCH3 is 2. The Morgan fingerprint density at radius 1 is 1.03 bits per heavy atom. The van der Waals surface area contributed by atoms with Crippen molar-refractivity contribution in [3.05, 3.63) is 77.3 Å². The van der Waals surface area contributed by atoms with Crippen molar-refractivity contribution in [2.24, 2.45) is 5.92 Å². The first-order valence-corrected chi connectivity index (χ1v) is 9.55. The number of rotatable bonds is 3. The predicted octanol–water partition coefficient (Wildman–Crippen LogP) is 3.28. The normalized spacial score (nSPS) is 19.6. The van der Waals surface area contributed by atoms with Gasteiger partial charge in [0.05, 0.1) is 42.6 Å². The van der Waals surface area contributed by atoms with Crippen LogP contribution in [0.5, 0.6) is 0 Å². The van der Waals surface area contributed by atoms with E-state index in [4.69, 9.17) is 9.47 Å². The number of carbonyl (C=O) groups excluding carboxylic acids is 2. The second kappa shape index (κ2) is 6.88. The summed E-state index contributed by atoms with van der Waals surface area (Å²) < 4.78 is 10.2. The molecule has 2 aliphatic heterocycles. The number of aromatic amines is 1. The van der Waals surface area contributed by atoms with Crippen molar-refractivity contribution in [2.75, 3.05) is 14.2 Å². The topological polar surface area (TPSA) is 84.5 Å². The summed E-state index contributed by atoms with van der Waals surface area (Å²) in [7, 11) is 2.63. The number of carbonyl (C=O) groups is 2. The van der Waals surface area contributed by atoms with Gasteiger partial charge in [-0.05, 0) is 29.3 Å². The van der Waals surface area contributed by atoms with Gasteiger partial charge in [-0.1, -0.05) is 36.4 Å². The molecular formula is C23H19N3O4. The van der Waals surface area contributed by atoms with Crippen LogP contribution in [0.2, 0.25) is 0 Å². The molecule has 150 valence electrons. The molecular weight excluding hydrogens is 382 g/mol. The maximum atomic E-state index is 12.9. The molecule has 0 unspecified atom stereocenters. The number of aromatic nitrogens is 2. The van der Waals surface area contributed by atoms with E-state index >= 15 is 0 Å². The van der Waals surface area contributed by atoms with Gasteiger partial charge in [0.1, 0.15) is 5.92 Å². The van der Waals surface area contributed by atoms with E-state index in [-0.39, 0.29) is 5.57 Å². The van der Waals surface area contributed by atoms with Gasteiger partial charge in [0.25, 0.3) is 0 Å². The van der Waals surface area contributed by atoms with Crippen LogP contribution in [-0.2, 0) is 19.1 Å². The van der Waals surface area contributed by atoms with E-state index in [0.717, 1.165) is 22.2 Å². The first-order chi connectivity index (χ1) is 14.6. The molecule has 3 heterocycles. The Kier molecular flexibility index (Phi) is 4.17. The number of hydrogen-bond donors (Lipinski definition) is 1. The number of imidazole rings is 1. The molecule has 1 aromatic heterocycles. The molecule has 0 aliphatic carbocycles. The highest BCUT2D eigenvalue weighted by Gasteiger charge is 2.51. The van der Waals surface area contributed by atoms with E-state index in [1.54, 1.807) is 0 Å². The van der Waals surface area contributed by atoms with E-state index in [2.05, 4.69) is 9.97 Å². The number of ether oxygens (including phenoxy) is 2. The zero-order valence-electron chi connectivity index (χ0n) is 16.5. The van der Waals surface area contributed by atoms with Crippen LogP contribution in [0.3, 0.4) is 0 Å². The third-order valence-corrected chi connectivity index (χ3v) is 5.64. The quantitative estimate of drug-likeness (QED) is 0.678. The highest BCUT2D eigenvalue weighted by atomic mass is 16.5. The molecule has 0 saturated carbocycles. The highest BCUT2D eigenvalue weighted by molar-refractivity contribution is 6.05. The lowest BCUT2D eigenvalue weighted by molar-refractivity contribution is -0.148. The third-order valence-electron chi connectivity index (χ3n) is 5.64. The molecule has 0 saturated heterocycles. The van der Waals surface area contributed by atoms with Gasteiger partial charge >= 0.3 is 11.9 Å². The first kappa shape index (κ1) is 18.2. The third kappa shape index (κ3) is 2.55. The van der Waals surface area contributed by atoms with Crippen molar-refractivity contribution >= 4 is 34.7 Å². The summed E-state index contributed by atoms with van der Waals surface area (Å²) in [6, 6.07) is 15.0. The number of nitrogens with zero attached hydrogens (tertiary/aromatic N) is 2. The predicted molar refractivity (Wildman–Crippen MR) is 111 cm³/mol. The molecule has 0 spiro atoms. The maximum absolute atomic E-state index is 12.9. The summed E-state index contributed by atoms with van der Waals surface area (Å²) in [4.78, 5) is 35.7. The SMILES string of the molecule is COC(=O)C1=C(c2nc3ccccc3[nH]2)N2C=Cc3ccccc3[C@H]2[C@@H]1C(=O)OC. The van der Waals surface area contributed by atoms with Crippen molar-refractivity contribution in [3.8, 4) is 0 Å². The molecule has 30 heavy (non-hydrogen) atoms.